The molecule has 176 valence electrons. The van der Waals surface area contributed by atoms with Crippen LogP contribution in [0.2, 0.25) is 0 Å². The summed E-state index contributed by atoms with van der Waals surface area (Å²) in [6, 6.07) is 7.49. The lowest BCUT2D eigenvalue weighted by atomic mass is 10.0. The molecule has 0 bridgehead atoms. The van der Waals surface area contributed by atoms with Crippen LogP contribution in [-0.4, -0.2) is 48.4 Å². The highest BCUT2D eigenvalue weighted by Gasteiger charge is 2.21. The van der Waals surface area contributed by atoms with Crippen LogP contribution in [0.25, 0.3) is 10.6 Å². The molecule has 9 heteroatoms. The van der Waals surface area contributed by atoms with Gasteiger partial charge in [0.1, 0.15) is 11.5 Å². The lowest BCUT2D eigenvalue weighted by Gasteiger charge is -2.12. The topological polar surface area (TPSA) is 90.4 Å². The van der Waals surface area contributed by atoms with Crippen LogP contribution in [0.5, 0.6) is 11.5 Å². The lowest BCUT2D eigenvalue weighted by Crippen LogP contribution is -2.18. The van der Waals surface area contributed by atoms with Crippen LogP contribution in [-0.2, 0) is 4.74 Å². The molecule has 3 heterocycles. The third-order valence-corrected chi connectivity index (χ3v) is 6.83. The van der Waals surface area contributed by atoms with E-state index in [-0.39, 0.29) is 6.10 Å². The second-order valence-electron chi connectivity index (χ2n) is 8.02. The van der Waals surface area contributed by atoms with Gasteiger partial charge in [-0.05, 0) is 43.4 Å². The quantitative estimate of drug-likeness (QED) is 0.404. The van der Waals surface area contributed by atoms with E-state index in [2.05, 4.69) is 29.5 Å². The number of thiazole rings is 1. The van der Waals surface area contributed by atoms with Crippen LogP contribution >= 0.6 is 11.3 Å². The zero-order valence-corrected chi connectivity index (χ0v) is 20.4. The Morgan fingerprint density at radius 1 is 1.21 bits per heavy atom. The molecule has 3 aromatic rings. The smallest absolute Gasteiger partial charge is 0.227 e. The number of aromatic nitrogens is 3. The lowest BCUT2D eigenvalue weighted by molar-refractivity contribution is 0.120. The van der Waals surface area contributed by atoms with Crippen molar-refractivity contribution in [1.82, 2.24) is 15.0 Å². The Hall–Kier alpha value is -2.91. The third-order valence-electron chi connectivity index (χ3n) is 5.78. The fourth-order valence-corrected chi connectivity index (χ4v) is 4.76. The molecular formula is C24H31N5O3S. The Morgan fingerprint density at radius 3 is 2.82 bits per heavy atom. The number of hydrogen-bond donors (Lipinski definition) is 2. The standard InChI is InChI=1S/C24H31N5O3S/c1-5-15(2)21-22(33-24(29-21)26-14-17-7-6-12-32-17)18-10-11-25-23(27-18)28-19-13-16(30-3)8-9-20(19)31-4/h8-11,13,15,17H,5-7,12,14H2,1-4H3,(H,26,29)(H,25,27,28). The molecule has 2 atom stereocenters. The van der Waals surface area contributed by atoms with E-state index in [9.17, 15) is 0 Å². The normalized spacial score (nSPS) is 16.4. The summed E-state index contributed by atoms with van der Waals surface area (Å²) >= 11 is 1.63. The fourth-order valence-electron chi connectivity index (χ4n) is 3.70. The van der Waals surface area contributed by atoms with Gasteiger partial charge < -0.3 is 24.8 Å². The maximum Gasteiger partial charge on any atom is 0.227 e. The second-order valence-corrected chi connectivity index (χ2v) is 9.01. The Labute approximate surface area is 198 Å². The van der Waals surface area contributed by atoms with E-state index in [0.717, 1.165) is 65.2 Å². The van der Waals surface area contributed by atoms with Gasteiger partial charge in [0, 0.05) is 25.4 Å². The molecule has 0 radical (unpaired) electrons. The van der Waals surface area contributed by atoms with Gasteiger partial charge in [-0.3, -0.25) is 0 Å². The van der Waals surface area contributed by atoms with Crippen molar-refractivity contribution < 1.29 is 14.2 Å². The minimum atomic E-state index is 0.261. The van der Waals surface area contributed by atoms with Crippen molar-refractivity contribution in [2.75, 3.05) is 38.0 Å². The molecule has 1 aliphatic rings. The zero-order chi connectivity index (χ0) is 23.2. The first-order valence-corrected chi connectivity index (χ1v) is 12.1. The summed E-state index contributed by atoms with van der Waals surface area (Å²) in [4.78, 5) is 15.2. The number of nitrogens with zero attached hydrogens (tertiary/aromatic N) is 3. The van der Waals surface area contributed by atoms with E-state index >= 15 is 0 Å². The highest BCUT2D eigenvalue weighted by Crippen LogP contribution is 2.38. The van der Waals surface area contributed by atoms with E-state index in [4.69, 9.17) is 24.2 Å². The molecule has 1 saturated heterocycles. The van der Waals surface area contributed by atoms with Crippen LogP contribution in [0, 0.1) is 0 Å². The van der Waals surface area contributed by atoms with Crippen molar-refractivity contribution in [3.63, 3.8) is 0 Å². The Balaban J connectivity index is 1.60. The number of anilines is 3. The first-order valence-electron chi connectivity index (χ1n) is 11.3. The van der Waals surface area contributed by atoms with E-state index in [0.29, 0.717) is 17.6 Å². The molecule has 8 nitrogen and oxygen atoms in total. The van der Waals surface area contributed by atoms with Crippen molar-refractivity contribution >= 4 is 28.1 Å². The number of benzene rings is 1. The first kappa shape index (κ1) is 23.3. The summed E-state index contributed by atoms with van der Waals surface area (Å²) in [7, 11) is 3.26. The van der Waals surface area contributed by atoms with Crippen LogP contribution in [0.4, 0.5) is 16.8 Å². The Bertz CT molecular complexity index is 1070. The number of hydrogen-bond acceptors (Lipinski definition) is 9. The third kappa shape index (κ3) is 5.54. The molecule has 2 N–H and O–H groups in total. The maximum absolute atomic E-state index is 5.74. The van der Waals surface area contributed by atoms with Gasteiger partial charge in [0.25, 0.3) is 0 Å². The second kappa shape index (κ2) is 10.8. The summed E-state index contributed by atoms with van der Waals surface area (Å²) < 4.78 is 16.6. The predicted octanol–water partition coefficient (Wildman–Crippen LogP) is 5.47. The van der Waals surface area contributed by atoms with Gasteiger partial charge in [-0.15, -0.1) is 0 Å². The van der Waals surface area contributed by atoms with E-state index in [1.54, 1.807) is 31.8 Å². The molecule has 0 aliphatic carbocycles. The molecule has 2 unspecified atom stereocenters. The molecular weight excluding hydrogens is 438 g/mol. The summed E-state index contributed by atoms with van der Waals surface area (Å²) in [6.45, 7) is 6.00. The molecule has 0 spiro atoms. The van der Waals surface area contributed by atoms with Crippen LogP contribution in [0.1, 0.15) is 44.7 Å². The van der Waals surface area contributed by atoms with Crippen molar-refractivity contribution in [2.24, 2.45) is 0 Å². The van der Waals surface area contributed by atoms with E-state index in [1.165, 1.54) is 0 Å². The van der Waals surface area contributed by atoms with Gasteiger partial charge in [-0.25, -0.2) is 15.0 Å². The molecule has 1 aromatic carbocycles. The number of methoxy groups -OCH3 is 2. The molecule has 1 aliphatic heterocycles. The highest BCUT2D eigenvalue weighted by atomic mass is 32.1. The van der Waals surface area contributed by atoms with Gasteiger partial charge in [-0.2, -0.15) is 0 Å². The van der Waals surface area contributed by atoms with E-state index in [1.807, 2.05) is 24.3 Å². The van der Waals surface area contributed by atoms with E-state index < -0.39 is 0 Å². The highest BCUT2D eigenvalue weighted by molar-refractivity contribution is 7.19. The maximum atomic E-state index is 5.74. The minimum absolute atomic E-state index is 0.261. The zero-order valence-electron chi connectivity index (χ0n) is 19.6. The Kier molecular flexibility index (Phi) is 7.61. The molecule has 0 saturated carbocycles. The average molecular weight is 470 g/mol. The largest absolute Gasteiger partial charge is 0.497 e. The summed E-state index contributed by atoms with van der Waals surface area (Å²) in [5, 5.41) is 7.64. The van der Waals surface area contributed by atoms with Crippen LogP contribution in [0.15, 0.2) is 30.5 Å². The number of ether oxygens (including phenoxy) is 3. The first-order chi connectivity index (χ1) is 16.1. The average Bonchev–Trinajstić information content (AvgIpc) is 3.52. The van der Waals surface area contributed by atoms with Crippen molar-refractivity contribution in [3.8, 4) is 22.1 Å². The molecule has 33 heavy (non-hydrogen) atoms. The number of rotatable bonds is 10. The van der Waals surface area contributed by atoms with Gasteiger partial charge in [-0.1, -0.05) is 25.2 Å². The predicted molar refractivity (Wildman–Crippen MR) is 132 cm³/mol. The van der Waals surface area contributed by atoms with Crippen molar-refractivity contribution in [1.29, 1.82) is 0 Å². The molecule has 2 aromatic heterocycles. The van der Waals surface area contributed by atoms with Gasteiger partial charge in [0.2, 0.25) is 5.95 Å². The van der Waals surface area contributed by atoms with Gasteiger partial charge in [0.05, 0.1) is 42.3 Å². The summed E-state index contributed by atoms with van der Waals surface area (Å²) in [5.74, 6) is 2.21. The van der Waals surface area contributed by atoms with Crippen LogP contribution in [0.3, 0.4) is 0 Å². The van der Waals surface area contributed by atoms with Crippen molar-refractivity contribution in [2.45, 2.75) is 45.1 Å². The van der Waals surface area contributed by atoms with Crippen LogP contribution < -0.4 is 20.1 Å². The summed E-state index contributed by atoms with van der Waals surface area (Å²) in [5.41, 5.74) is 2.63. The minimum Gasteiger partial charge on any atom is -0.497 e. The molecule has 1 fully saturated rings. The number of nitrogens with one attached hydrogen (secondary N) is 2. The molecule has 4 rings (SSSR count). The monoisotopic (exact) mass is 469 g/mol. The fraction of sp³-hybridized carbons (Fsp3) is 0.458. The van der Waals surface area contributed by atoms with Gasteiger partial charge >= 0.3 is 0 Å². The van der Waals surface area contributed by atoms with Gasteiger partial charge in [0.15, 0.2) is 5.13 Å². The van der Waals surface area contributed by atoms with Crippen molar-refractivity contribution in [3.05, 3.63) is 36.2 Å². The Morgan fingerprint density at radius 2 is 2.09 bits per heavy atom. The molecule has 0 amide bonds. The SMILES string of the molecule is CCC(C)c1nc(NCC2CCCO2)sc1-c1ccnc(Nc2cc(OC)ccc2OC)n1. The summed E-state index contributed by atoms with van der Waals surface area (Å²) in [6.07, 6.45) is 5.24.